The summed E-state index contributed by atoms with van der Waals surface area (Å²) in [6.45, 7) is 1.88. The maximum atomic E-state index is 12.9. The Morgan fingerprint density at radius 1 is 1.00 bits per heavy atom. The van der Waals surface area contributed by atoms with Gasteiger partial charge >= 0.3 is 0 Å². The number of methoxy groups -OCH3 is 1. The van der Waals surface area contributed by atoms with E-state index in [4.69, 9.17) is 14.2 Å². The number of carbonyl (C=O) groups is 1. The van der Waals surface area contributed by atoms with Crippen LogP contribution < -0.4 is 19.5 Å². The molecular formula is C21H16N2O6. The summed E-state index contributed by atoms with van der Waals surface area (Å²) in [5.41, 5.74) is 1.20. The minimum absolute atomic E-state index is 0.0152. The van der Waals surface area contributed by atoms with E-state index in [0.717, 1.165) is 5.56 Å². The highest BCUT2D eigenvalue weighted by Gasteiger charge is 2.29. The van der Waals surface area contributed by atoms with E-state index in [0.29, 0.717) is 22.9 Å². The van der Waals surface area contributed by atoms with Crippen molar-refractivity contribution in [3.63, 3.8) is 0 Å². The Labute approximate surface area is 165 Å². The van der Waals surface area contributed by atoms with E-state index < -0.39 is 10.8 Å². The molecule has 3 aromatic carbocycles. The predicted octanol–water partition coefficient (Wildman–Crippen LogP) is 5.06. The molecule has 0 fully saturated rings. The summed E-state index contributed by atoms with van der Waals surface area (Å²) in [6.07, 6.45) is 0. The van der Waals surface area contributed by atoms with Gasteiger partial charge in [-0.1, -0.05) is 6.07 Å². The number of nitrogens with one attached hydrogen (secondary N) is 1. The number of fused-ring (bicyclic) bond motifs is 2. The molecular weight excluding hydrogens is 376 g/mol. The topological polar surface area (TPSA) is 99.9 Å². The van der Waals surface area contributed by atoms with Crippen LogP contribution in [-0.4, -0.2) is 17.9 Å². The number of ether oxygens (including phenoxy) is 3. The van der Waals surface area contributed by atoms with E-state index in [1.807, 2.05) is 13.0 Å². The third kappa shape index (κ3) is 3.55. The Morgan fingerprint density at radius 2 is 1.72 bits per heavy atom. The van der Waals surface area contributed by atoms with Crippen molar-refractivity contribution < 1.29 is 23.9 Å². The molecule has 4 rings (SSSR count). The van der Waals surface area contributed by atoms with Crippen molar-refractivity contribution in [2.24, 2.45) is 0 Å². The van der Waals surface area contributed by atoms with Crippen LogP contribution in [0.25, 0.3) is 0 Å². The predicted molar refractivity (Wildman–Crippen MR) is 105 cm³/mol. The highest BCUT2D eigenvalue weighted by molar-refractivity contribution is 6.10. The van der Waals surface area contributed by atoms with Gasteiger partial charge in [-0.3, -0.25) is 14.9 Å². The first-order chi connectivity index (χ1) is 13.9. The average molecular weight is 392 g/mol. The van der Waals surface area contributed by atoms with Gasteiger partial charge in [-0.2, -0.15) is 0 Å². The molecule has 1 aliphatic rings. The monoisotopic (exact) mass is 392 g/mol. The molecule has 29 heavy (non-hydrogen) atoms. The van der Waals surface area contributed by atoms with Gasteiger partial charge in [-0.05, 0) is 48.9 Å². The summed E-state index contributed by atoms with van der Waals surface area (Å²) < 4.78 is 16.8. The van der Waals surface area contributed by atoms with Crippen LogP contribution in [0.2, 0.25) is 0 Å². The van der Waals surface area contributed by atoms with Crippen LogP contribution in [0.4, 0.5) is 11.4 Å². The summed E-state index contributed by atoms with van der Waals surface area (Å²) >= 11 is 0. The number of amides is 1. The Hall–Kier alpha value is -4.07. The fourth-order valence-electron chi connectivity index (χ4n) is 2.96. The van der Waals surface area contributed by atoms with Crippen LogP contribution in [0.5, 0.6) is 28.7 Å². The molecule has 0 aromatic heterocycles. The molecule has 0 saturated heterocycles. The van der Waals surface area contributed by atoms with Crippen LogP contribution in [0.3, 0.4) is 0 Å². The zero-order chi connectivity index (χ0) is 20.5. The summed E-state index contributed by atoms with van der Waals surface area (Å²) in [6, 6.07) is 14.3. The molecule has 1 aliphatic heterocycles. The minimum atomic E-state index is -0.565. The van der Waals surface area contributed by atoms with Gasteiger partial charge in [0, 0.05) is 0 Å². The number of benzene rings is 3. The second-order valence-electron chi connectivity index (χ2n) is 6.41. The third-order valence-electron chi connectivity index (χ3n) is 4.38. The van der Waals surface area contributed by atoms with Gasteiger partial charge in [0.1, 0.15) is 17.1 Å². The molecule has 0 radical (unpaired) electrons. The maximum Gasteiger partial charge on any atom is 0.276 e. The number of nitro benzene ring substituents is 1. The SMILES string of the molecule is COc1ccc(Oc2cc([N+](=O)[O-])cc3c2C(=O)Nc2ccc(C)cc2O3)cc1. The lowest BCUT2D eigenvalue weighted by Gasteiger charge is -2.13. The van der Waals surface area contributed by atoms with E-state index in [2.05, 4.69) is 5.32 Å². The third-order valence-corrected chi connectivity index (χ3v) is 4.38. The van der Waals surface area contributed by atoms with Crippen molar-refractivity contribution in [3.8, 4) is 28.7 Å². The normalized spacial score (nSPS) is 12.0. The number of nitrogens with zero attached hydrogens (tertiary/aromatic N) is 1. The number of rotatable bonds is 4. The summed E-state index contributed by atoms with van der Waals surface area (Å²) in [5, 5.41) is 14.2. The molecule has 0 saturated carbocycles. The fraction of sp³-hybridized carbons (Fsp3) is 0.0952. The Bertz CT molecular complexity index is 1120. The van der Waals surface area contributed by atoms with Crippen LogP contribution >= 0.6 is 0 Å². The average Bonchev–Trinajstić information content (AvgIpc) is 2.83. The summed E-state index contributed by atoms with van der Waals surface area (Å²) in [5.74, 6) is 0.987. The fourth-order valence-corrected chi connectivity index (χ4v) is 2.96. The first kappa shape index (κ1) is 18.3. The zero-order valence-corrected chi connectivity index (χ0v) is 15.6. The first-order valence-electron chi connectivity index (χ1n) is 8.69. The quantitative estimate of drug-likeness (QED) is 0.492. The van der Waals surface area contributed by atoms with Crippen LogP contribution in [0.15, 0.2) is 54.6 Å². The second kappa shape index (κ2) is 7.16. The molecule has 1 heterocycles. The first-order valence-corrected chi connectivity index (χ1v) is 8.69. The number of carbonyl (C=O) groups excluding carboxylic acids is 1. The Balaban J connectivity index is 1.83. The highest BCUT2D eigenvalue weighted by Crippen LogP contribution is 2.43. The summed E-state index contributed by atoms with van der Waals surface area (Å²) in [7, 11) is 1.54. The Morgan fingerprint density at radius 3 is 2.41 bits per heavy atom. The molecule has 1 N–H and O–H groups in total. The van der Waals surface area contributed by atoms with E-state index in [1.54, 1.807) is 36.4 Å². The van der Waals surface area contributed by atoms with Gasteiger partial charge in [-0.15, -0.1) is 0 Å². The largest absolute Gasteiger partial charge is 0.497 e. The van der Waals surface area contributed by atoms with Gasteiger partial charge < -0.3 is 19.5 Å². The van der Waals surface area contributed by atoms with Crippen molar-refractivity contribution in [3.05, 3.63) is 75.8 Å². The van der Waals surface area contributed by atoms with E-state index in [1.165, 1.54) is 19.2 Å². The van der Waals surface area contributed by atoms with Gasteiger partial charge in [0.05, 0.1) is 29.9 Å². The molecule has 8 heteroatoms. The highest BCUT2D eigenvalue weighted by atomic mass is 16.6. The lowest BCUT2D eigenvalue weighted by Crippen LogP contribution is -2.12. The van der Waals surface area contributed by atoms with Crippen molar-refractivity contribution in [2.45, 2.75) is 6.92 Å². The van der Waals surface area contributed by atoms with E-state index in [9.17, 15) is 14.9 Å². The van der Waals surface area contributed by atoms with Crippen molar-refractivity contribution >= 4 is 17.3 Å². The van der Waals surface area contributed by atoms with E-state index >= 15 is 0 Å². The lowest BCUT2D eigenvalue weighted by atomic mass is 10.1. The second-order valence-corrected chi connectivity index (χ2v) is 6.41. The summed E-state index contributed by atoms with van der Waals surface area (Å²) in [4.78, 5) is 23.7. The molecule has 1 amide bonds. The number of hydrogen-bond acceptors (Lipinski definition) is 6. The van der Waals surface area contributed by atoms with Crippen molar-refractivity contribution in [2.75, 3.05) is 12.4 Å². The molecule has 0 unspecified atom stereocenters. The number of aryl methyl sites for hydroxylation is 1. The number of nitro groups is 1. The maximum absolute atomic E-state index is 12.9. The van der Waals surface area contributed by atoms with Gasteiger partial charge in [0.25, 0.3) is 11.6 Å². The van der Waals surface area contributed by atoms with Crippen LogP contribution in [0.1, 0.15) is 15.9 Å². The number of non-ortho nitro benzene ring substituents is 1. The van der Waals surface area contributed by atoms with E-state index in [-0.39, 0.29) is 22.7 Å². The standard InChI is InChI=1S/C21H16N2O6/c1-12-3-8-16-17(9-12)29-19-11-13(23(25)26)10-18(20(19)21(24)22-16)28-15-6-4-14(27-2)5-7-15/h3-11H,1-2H3,(H,22,24). The number of hydrogen-bond donors (Lipinski definition) is 1. The molecule has 0 bridgehead atoms. The zero-order valence-electron chi connectivity index (χ0n) is 15.6. The van der Waals surface area contributed by atoms with Crippen LogP contribution in [0, 0.1) is 17.0 Å². The van der Waals surface area contributed by atoms with Crippen molar-refractivity contribution in [1.29, 1.82) is 0 Å². The van der Waals surface area contributed by atoms with Crippen LogP contribution in [-0.2, 0) is 0 Å². The van der Waals surface area contributed by atoms with Gasteiger partial charge in [0.15, 0.2) is 17.2 Å². The smallest absolute Gasteiger partial charge is 0.276 e. The molecule has 0 aliphatic carbocycles. The number of anilines is 1. The molecule has 146 valence electrons. The molecule has 0 atom stereocenters. The molecule has 8 nitrogen and oxygen atoms in total. The Kier molecular flexibility index (Phi) is 4.52. The lowest BCUT2D eigenvalue weighted by molar-refractivity contribution is -0.385. The van der Waals surface area contributed by atoms with Gasteiger partial charge in [0.2, 0.25) is 0 Å². The van der Waals surface area contributed by atoms with Gasteiger partial charge in [-0.25, -0.2) is 0 Å². The molecule has 0 spiro atoms. The molecule has 3 aromatic rings. The minimum Gasteiger partial charge on any atom is -0.497 e. The van der Waals surface area contributed by atoms with Crippen molar-refractivity contribution in [1.82, 2.24) is 0 Å².